The standard InChI is InChI=1S/C7H5ClN4OS/c8-4-3(1-2-13-4)5-10-6(9)12-7(14)11-5/h1-2H,(H3,9,10,11,12,14). The second kappa shape index (κ2) is 3.39. The highest BCUT2D eigenvalue weighted by atomic mass is 35.5. The van der Waals surface area contributed by atoms with E-state index in [1.165, 1.54) is 6.26 Å². The van der Waals surface area contributed by atoms with Crippen molar-refractivity contribution in [1.82, 2.24) is 15.0 Å². The molecular formula is C7H5ClN4OS. The Balaban J connectivity index is 2.63. The summed E-state index contributed by atoms with van der Waals surface area (Å²) in [5.74, 6) is 0.638. The van der Waals surface area contributed by atoms with Gasteiger partial charge in [-0.2, -0.15) is 4.98 Å². The molecule has 0 atom stereocenters. The number of anilines is 1. The van der Waals surface area contributed by atoms with Crippen molar-refractivity contribution in [1.29, 1.82) is 0 Å². The van der Waals surface area contributed by atoms with E-state index in [0.29, 0.717) is 11.4 Å². The third kappa shape index (κ3) is 1.61. The quantitative estimate of drug-likeness (QED) is 0.730. The summed E-state index contributed by atoms with van der Waals surface area (Å²) in [5, 5.41) is 0.230. The third-order valence-electron chi connectivity index (χ3n) is 1.54. The molecule has 3 N–H and O–H groups in total. The summed E-state index contributed by atoms with van der Waals surface area (Å²) in [6, 6.07) is 1.66. The summed E-state index contributed by atoms with van der Waals surface area (Å²) in [5.41, 5.74) is 6.07. The van der Waals surface area contributed by atoms with Gasteiger partial charge in [-0.25, -0.2) is 4.98 Å². The van der Waals surface area contributed by atoms with E-state index in [0.717, 1.165) is 0 Å². The Morgan fingerprint density at radius 1 is 1.50 bits per heavy atom. The van der Waals surface area contributed by atoms with E-state index in [4.69, 9.17) is 34.0 Å². The third-order valence-corrected chi connectivity index (χ3v) is 2.02. The molecule has 7 heteroatoms. The van der Waals surface area contributed by atoms with Gasteiger partial charge in [0.15, 0.2) is 0 Å². The number of aromatic amines is 1. The lowest BCUT2D eigenvalue weighted by atomic mass is 10.3. The van der Waals surface area contributed by atoms with E-state index in [-0.39, 0.29) is 15.9 Å². The number of rotatable bonds is 1. The minimum Gasteiger partial charge on any atom is -0.452 e. The van der Waals surface area contributed by atoms with Crippen LogP contribution < -0.4 is 5.73 Å². The molecule has 0 bridgehead atoms. The molecule has 2 aromatic heterocycles. The van der Waals surface area contributed by atoms with Crippen LogP contribution in [0.5, 0.6) is 0 Å². The van der Waals surface area contributed by atoms with Gasteiger partial charge in [0.1, 0.15) is 5.82 Å². The number of nitrogens with one attached hydrogen (secondary N) is 1. The number of H-pyrrole nitrogens is 1. The largest absolute Gasteiger partial charge is 0.452 e. The minimum absolute atomic E-state index is 0.161. The van der Waals surface area contributed by atoms with Gasteiger partial charge in [0, 0.05) is 0 Å². The molecule has 72 valence electrons. The predicted octanol–water partition coefficient (Wildman–Crippen LogP) is 2.03. The molecule has 0 unspecified atom stereocenters. The Morgan fingerprint density at radius 3 is 2.86 bits per heavy atom. The number of nitrogens with two attached hydrogens (primary N) is 1. The Bertz CT molecular complexity index is 520. The average molecular weight is 229 g/mol. The van der Waals surface area contributed by atoms with Gasteiger partial charge >= 0.3 is 0 Å². The van der Waals surface area contributed by atoms with Gasteiger partial charge in [0.25, 0.3) is 0 Å². The lowest BCUT2D eigenvalue weighted by Gasteiger charge is -1.98. The minimum atomic E-state index is 0.161. The van der Waals surface area contributed by atoms with Crippen molar-refractivity contribution in [3.8, 4) is 11.4 Å². The molecule has 0 spiro atoms. The number of aromatic nitrogens is 3. The maximum absolute atomic E-state index is 5.76. The number of nitrogens with zero attached hydrogens (tertiary/aromatic N) is 2. The lowest BCUT2D eigenvalue weighted by molar-refractivity contribution is 0.570. The van der Waals surface area contributed by atoms with Crippen molar-refractivity contribution in [2.75, 3.05) is 5.73 Å². The Labute approximate surface area is 88.9 Å². The van der Waals surface area contributed by atoms with Crippen LogP contribution >= 0.6 is 23.8 Å². The maximum Gasteiger partial charge on any atom is 0.224 e. The highest BCUT2D eigenvalue weighted by Gasteiger charge is 2.08. The maximum atomic E-state index is 5.76. The van der Waals surface area contributed by atoms with Crippen molar-refractivity contribution in [3.63, 3.8) is 0 Å². The van der Waals surface area contributed by atoms with Gasteiger partial charge in [0.2, 0.25) is 15.9 Å². The molecule has 0 amide bonds. The van der Waals surface area contributed by atoms with Gasteiger partial charge in [-0.1, -0.05) is 0 Å². The fourth-order valence-corrected chi connectivity index (χ4v) is 1.38. The SMILES string of the molecule is Nc1nc(=S)nc(-c2ccoc2Cl)[nH]1. The topological polar surface area (TPSA) is 80.7 Å². The summed E-state index contributed by atoms with van der Waals surface area (Å²) in [4.78, 5) is 10.4. The Morgan fingerprint density at radius 2 is 2.29 bits per heavy atom. The van der Waals surface area contributed by atoms with Crippen molar-refractivity contribution in [3.05, 3.63) is 22.3 Å². The summed E-state index contributed by atoms with van der Waals surface area (Å²) < 4.78 is 5.07. The Kier molecular flexibility index (Phi) is 2.22. The van der Waals surface area contributed by atoms with E-state index in [1.54, 1.807) is 6.07 Å². The van der Waals surface area contributed by atoms with Crippen molar-refractivity contribution in [2.24, 2.45) is 0 Å². The number of hydrogen-bond donors (Lipinski definition) is 2. The molecule has 0 saturated carbocycles. The molecule has 0 fully saturated rings. The zero-order valence-electron chi connectivity index (χ0n) is 6.82. The number of nitrogen functional groups attached to an aromatic ring is 1. The van der Waals surface area contributed by atoms with Crippen LogP contribution in [0, 0.1) is 4.77 Å². The summed E-state index contributed by atoms with van der Waals surface area (Å²) in [6.07, 6.45) is 1.45. The van der Waals surface area contributed by atoms with Crippen LogP contribution in [0.15, 0.2) is 16.7 Å². The van der Waals surface area contributed by atoms with Gasteiger partial charge in [-0.15, -0.1) is 0 Å². The molecule has 2 heterocycles. The van der Waals surface area contributed by atoms with Crippen LogP contribution in [0.1, 0.15) is 0 Å². The zero-order chi connectivity index (χ0) is 10.1. The first-order chi connectivity index (χ1) is 6.66. The van der Waals surface area contributed by atoms with Crippen molar-refractivity contribution >= 4 is 29.8 Å². The molecule has 0 aliphatic rings. The first-order valence-electron chi connectivity index (χ1n) is 3.64. The van der Waals surface area contributed by atoms with Crippen LogP contribution in [0.3, 0.4) is 0 Å². The van der Waals surface area contributed by atoms with Crippen LogP contribution in [-0.4, -0.2) is 15.0 Å². The second-order valence-electron chi connectivity index (χ2n) is 2.47. The van der Waals surface area contributed by atoms with E-state index in [1.807, 2.05) is 0 Å². The molecule has 2 rings (SSSR count). The first-order valence-corrected chi connectivity index (χ1v) is 4.42. The monoisotopic (exact) mass is 228 g/mol. The summed E-state index contributed by atoms with van der Waals surface area (Å²) in [7, 11) is 0. The van der Waals surface area contributed by atoms with E-state index in [9.17, 15) is 0 Å². The Hall–Kier alpha value is -1.40. The molecular weight excluding hydrogens is 224 g/mol. The molecule has 0 radical (unpaired) electrons. The van der Waals surface area contributed by atoms with Gasteiger partial charge in [-0.05, 0) is 29.9 Å². The van der Waals surface area contributed by atoms with Crippen LogP contribution in [-0.2, 0) is 0 Å². The van der Waals surface area contributed by atoms with Crippen LogP contribution in [0.2, 0.25) is 5.22 Å². The normalized spacial score (nSPS) is 10.4. The first kappa shape index (κ1) is 9.17. The molecule has 0 aliphatic carbocycles. The average Bonchev–Trinajstić information content (AvgIpc) is 2.49. The highest BCUT2D eigenvalue weighted by molar-refractivity contribution is 7.71. The smallest absolute Gasteiger partial charge is 0.224 e. The molecule has 14 heavy (non-hydrogen) atoms. The lowest BCUT2D eigenvalue weighted by Crippen LogP contribution is -1.99. The van der Waals surface area contributed by atoms with Gasteiger partial charge in [0.05, 0.1) is 11.8 Å². The fraction of sp³-hybridized carbons (Fsp3) is 0. The molecule has 2 aromatic rings. The number of halogens is 1. The van der Waals surface area contributed by atoms with Crippen LogP contribution in [0.4, 0.5) is 5.95 Å². The number of furan rings is 1. The molecule has 0 saturated heterocycles. The predicted molar refractivity (Wildman–Crippen MR) is 54.3 cm³/mol. The molecule has 0 aliphatic heterocycles. The summed E-state index contributed by atoms with van der Waals surface area (Å²) in [6.45, 7) is 0. The van der Waals surface area contributed by atoms with E-state index < -0.39 is 0 Å². The van der Waals surface area contributed by atoms with Crippen LogP contribution in [0.25, 0.3) is 11.4 Å². The summed E-state index contributed by atoms with van der Waals surface area (Å²) >= 11 is 10.6. The van der Waals surface area contributed by atoms with Gasteiger partial charge < -0.3 is 15.1 Å². The van der Waals surface area contributed by atoms with E-state index >= 15 is 0 Å². The fourth-order valence-electron chi connectivity index (χ4n) is 0.991. The molecule has 0 aromatic carbocycles. The van der Waals surface area contributed by atoms with E-state index in [2.05, 4.69) is 15.0 Å². The number of hydrogen-bond acceptors (Lipinski definition) is 5. The van der Waals surface area contributed by atoms with Gasteiger partial charge in [-0.3, -0.25) is 0 Å². The molecule has 5 nitrogen and oxygen atoms in total. The highest BCUT2D eigenvalue weighted by Crippen LogP contribution is 2.25. The zero-order valence-corrected chi connectivity index (χ0v) is 8.39. The second-order valence-corrected chi connectivity index (χ2v) is 3.18. The van der Waals surface area contributed by atoms with Crippen molar-refractivity contribution in [2.45, 2.75) is 0 Å². The van der Waals surface area contributed by atoms with Crippen molar-refractivity contribution < 1.29 is 4.42 Å².